The quantitative estimate of drug-likeness (QED) is 0.811. The third-order valence-electron chi connectivity index (χ3n) is 2.63. The molecule has 2 aromatic rings. The summed E-state index contributed by atoms with van der Waals surface area (Å²) < 4.78 is 5.86. The standard InChI is InChI=1S/C11H11N3O4/c1-6(11(17)18-2)14-9-7(10(15)16)4-3-5-8(9)12-13-14/h3-6H,1-2H3,(H,15,16). The van der Waals surface area contributed by atoms with Gasteiger partial charge in [0.05, 0.1) is 12.7 Å². The molecule has 7 nitrogen and oxygen atoms in total. The second kappa shape index (κ2) is 4.44. The summed E-state index contributed by atoms with van der Waals surface area (Å²) in [6, 6.07) is 3.91. The number of hydrogen-bond acceptors (Lipinski definition) is 5. The van der Waals surface area contributed by atoms with Crippen molar-refractivity contribution in [1.29, 1.82) is 0 Å². The van der Waals surface area contributed by atoms with Crippen LogP contribution in [0.1, 0.15) is 23.3 Å². The molecule has 1 atom stereocenters. The number of carboxylic acids is 1. The number of carboxylic acid groups (broad SMARTS) is 1. The highest BCUT2D eigenvalue weighted by atomic mass is 16.5. The van der Waals surface area contributed by atoms with E-state index in [2.05, 4.69) is 15.0 Å². The molecule has 0 spiro atoms. The van der Waals surface area contributed by atoms with E-state index in [-0.39, 0.29) is 5.56 Å². The fourth-order valence-electron chi connectivity index (χ4n) is 1.71. The number of methoxy groups -OCH3 is 1. The second-order valence-electron chi connectivity index (χ2n) is 3.71. The summed E-state index contributed by atoms with van der Waals surface area (Å²) in [6.07, 6.45) is 0. The molecule has 0 aliphatic heterocycles. The first-order chi connectivity index (χ1) is 8.56. The molecule has 1 unspecified atom stereocenters. The molecular formula is C11H11N3O4. The molecule has 2 rings (SSSR count). The second-order valence-corrected chi connectivity index (χ2v) is 3.71. The van der Waals surface area contributed by atoms with Crippen LogP contribution in [0, 0.1) is 0 Å². The molecule has 0 saturated heterocycles. The Kier molecular flexibility index (Phi) is 2.97. The number of esters is 1. The van der Waals surface area contributed by atoms with Gasteiger partial charge in [-0.3, -0.25) is 0 Å². The first kappa shape index (κ1) is 12.0. The number of benzene rings is 1. The summed E-state index contributed by atoms with van der Waals surface area (Å²) in [4.78, 5) is 22.6. The number of nitrogens with zero attached hydrogens (tertiary/aromatic N) is 3. The minimum atomic E-state index is -1.10. The lowest BCUT2D eigenvalue weighted by Crippen LogP contribution is -2.19. The Hall–Kier alpha value is -2.44. The van der Waals surface area contributed by atoms with Crippen molar-refractivity contribution in [2.45, 2.75) is 13.0 Å². The van der Waals surface area contributed by atoms with Crippen molar-refractivity contribution in [2.75, 3.05) is 7.11 Å². The number of para-hydroxylation sites is 1. The monoisotopic (exact) mass is 249 g/mol. The van der Waals surface area contributed by atoms with Crippen molar-refractivity contribution in [1.82, 2.24) is 15.0 Å². The molecule has 0 fully saturated rings. The predicted molar refractivity (Wildman–Crippen MR) is 61.2 cm³/mol. The summed E-state index contributed by atoms with van der Waals surface area (Å²) in [5, 5.41) is 16.8. The maximum atomic E-state index is 11.5. The van der Waals surface area contributed by atoms with Gasteiger partial charge in [-0.25, -0.2) is 14.3 Å². The Balaban J connectivity index is 2.65. The van der Waals surface area contributed by atoms with Crippen molar-refractivity contribution >= 4 is 23.0 Å². The molecular weight excluding hydrogens is 238 g/mol. The Morgan fingerprint density at radius 3 is 2.78 bits per heavy atom. The van der Waals surface area contributed by atoms with E-state index in [0.717, 1.165) is 0 Å². The summed E-state index contributed by atoms with van der Waals surface area (Å²) in [6.45, 7) is 1.57. The molecule has 0 bridgehead atoms. The molecule has 0 aliphatic carbocycles. The van der Waals surface area contributed by atoms with E-state index < -0.39 is 18.0 Å². The minimum Gasteiger partial charge on any atom is -0.478 e. The van der Waals surface area contributed by atoms with Crippen molar-refractivity contribution in [3.63, 3.8) is 0 Å². The van der Waals surface area contributed by atoms with Crippen molar-refractivity contribution in [3.05, 3.63) is 23.8 Å². The van der Waals surface area contributed by atoms with E-state index in [1.54, 1.807) is 19.1 Å². The van der Waals surface area contributed by atoms with Crippen LogP contribution in [0.25, 0.3) is 11.0 Å². The molecule has 0 amide bonds. The smallest absolute Gasteiger partial charge is 0.337 e. The number of rotatable bonds is 3. The van der Waals surface area contributed by atoms with Crippen LogP contribution in [0.4, 0.5) is 0 Å². The van der Waals surface area contributed by atoms with Crippen LogP contribution in [0.5, 0.6) is 0 Å². The van der Waals surface area contributed by atoms with Crippen LogP contribution in [-0.4, -0.2) is 39.1 Å². The highest BCUT2D eigenvalue weighted by molar-refractivity contribution is 6.01. The van der Waals surface area contributed by atoms with Gasteiger partial charge in [-0.15, -0.1) is 5.10 Å². The van der Waals surface area contributed by atoms with Gasteiger partial charge in [-0.2, -0.15) is 0 Å². The summed E-state index contributed by atoms with van der Waals surface area (Å²) in [7, 11) is 1.26. The Morgan fingerprint density at radius 1 is 1.44 bits per heavy atom. The van der Waals surface area contributed by atoms with Crippen LogP contribution in [-0.2, 0) is 9.53 Å². The Bertz CT molecular complexity index is 620. The fourth-order valence-corrected chi connectivity index (χ4v) is 1.71. The first-order valence-corrected chi connectivity index (χ1v) is 5.21. The topological polar surface area (TPSA) is 94.3 Å². The highest BCUT2D eigenvalue weighted by Gasteiger charge is 2.22. The van der Waals surface area contributed by atoms with Gasteiger partial charge in [-0.1, -0.05) is 11.3 Å². The lowest BCUT2D eigenvalue weighted by Gasteiger charge is -2.10. The zero-order valence-electron chi connectivity index (χ0n) is 9.82. The van der Waals surface area contributed by atoms with Gasteiger partial charge in [0.2, 0.25) is 0 Å². The molecule has 1 aromatic carbocycles. The number of aromatic carboxylic acids is 1. The average Bonchev–Trinajstić information content (AvgIpc) is 2.80. The van der Waals surface area contributed by atoms with E-state index in [9.17, 15) is 9.59 Å². The summed E-state index contributed by atoms with van der Waals surface area (Å²) >= 11 is 0. The van der Waals surface area contributed by atoms with Gasteiger partial charge >= 0.3 is 11.9 Å². The summed E-state index contributed by atoms with van der Waals surface area (Å²) in [5.41, 5.74) is 0.779. The van der Waals surface area contributed by atoms with Crippen molar-refractivity contribution in [3.8, 4) is 0 Å². The number of fused-ring (bicyclic) bond motifs is 1. The lowest BCUT2D eigenvalue weighted by molar-refractivity contribution is -0.144. The van der Waals surface area contributed by atoms with E-state index in [1.807, 2.05) is 0 Å². The molecule has 1 N–H and O–H groups in total. The van der Waals surface area contributed by atoms with Crippen LogP contribution in [0.2, 0.25) is 0 Å². The molecule has 94 valence electrons. The van der Waals surface area contributed by atoms with E-state index in [0.29, 0.717) is 11.0 Å². The van der Waals surface area contributed by atoms with Crippen molar-refractivity contribution in [2.24, 2.45) is 0 Å². The first-order valence-electron chi connectivity index (χ1n) is 5.21. The van der Waals surface area contributed by atoms with E-state index >= 15 is 0 Å². The zero-order chi connectivity index (χ0) is 13.3. The average molecular weight is 249 g/mol. The molecule has 7 heteroatoms. The zero-order valence-corrected chi connectivity index (χ0v) is 9.82. The van der Waals surface area contributed by atoms with Crippen LogP contribution in [0.15, 0.2) is 18.2 Å². The normalized spacial score (nSPS) is 12.3. The van der Waals surface area contributed by atoms with Crippen LogP contribution < -0.4 is 0 Å². The van der Waals surface area contributed by atoms with Gasteiger partial charge in [-0.05, 0) is 19.1 Å². The number of carbonyl (C=O) groups is 2. The van der Waals surface area contributed by atoms with Crippen LogP contribution in [0.3, 0.4) is 0 Å². The maximum Gasteiger partial charge on any atom is 0.337 e. The highest BCUT2D eigenvalue weighted by Crippen LogP contribution is 2.20. The Morgan fingerprint density at radius 2 is 2.17 bits per heavy atom. The molecule has 18 heavy (non-hydrogen) atoms. The fraction of sp³-hybridized carbons (Fsp3) is 0.273. The summed E-state index contributed by atoms with van der Waals surface area (Å²) in [5.74, 6) is -1.61. The van der Waals surface area contributed by atoms with E-state index in [1.165, 1.54) is 17.9 Å². The number of ether oxygens (including phenoxy) is 1. The number of carbonyl (C=O) groups excluding carboxylic acids is 1. The largest absolute Gasteiger partial charge is 0.478 e. The predicted octanol–water partition coefficient (Wildman–Crippen LogP) is 0.863. The molecule has 1 heterocycles. The lowest BCUT2D eigenvalue weighted by atomic mass is 10.1. The molecule has 0 aliphatic rings. The Labute approximate surface area is 102 Å². The van der Waals surface area contributed by atoms with Gasteiger partial charge in [0, 0.05) is 0 Å². The van der Waals surface area contributed by atoms with Crippen molar-refractivity contribution < 1.29 is 19.4 Å². The maximum absolute atomic E-state index is 11.5. The third kappa shape index (κ3) is 1.79. The van der Waals surface area contributed by atoms with Gasteiger partial charge < -0.3 is 9.84 Å². The molecule has 1 aromatic heterocycles. The SMILES string of the molecule is COC(=O)C(C)n1nnc2cccc(C(=O)O)c21. The molecule has 0 radical (unpaired) electrons. The van der Waals surface area contributed by atoms with Gasteiger partial charge in [0.1, 0.15) is 17.1 Å². The third-order valence-corrected chi connectivity index (χ3v) is 2.63. The van der Waals surface area contributed by atoms with Gasteiger partial charge in [0.25, 0.3) is 0 Å². The molecule has 0 saturated carbocycles. The van der Waals surface area contributed by atoms with E-state index in [4.69, 9.17) is 5.11 Å². The van der Waals surface area contributed by atoms with Crippen LogP contribution >= 0.6 is 0 Å². The van der Waals surface area contributed by atoms with Gasteiger partial charge in [0.15, 0.2) is 0 Å². The number of hydrogen-bond donors (Lipinski definition) is 1. The number of aromatic nitrogens is 3. The minimum absolute atomic E-state index is 0.0493.